The number of hydrogen-bond donors (Lipinski definition) is 3. The minimum Gasteiger partial charge on any atom is -0.392 e. The van der Waals surface area contributed by atoms with Gasteiger partial charge in [-0.25, -0.2) is 0 Å². The van der Waals surface area contributed by atoms with Crippen LogP contribution in [0.4, 0.5) is 0 Å². The van der Waals surface area contributed by atoms with Crippen LogP contribution in [0.2, 0.25) is 0 Å². The lowest BCUT2D eigenvalue weighted by atomic mass is 9.94. The van der Waals surface area contributed by atoms with Crippen molar-refractivity contribution in [1.29, 1.82) is 0 Å². The number of carbonyl (C=O) groups is 1. The van der Waals surface area contributed by atoms with Crippen LogP contribution < -0.4 is 16.6 Å². The van der Waals surface area contributed by atoms with Gasteiger partial charge in [-0.1, -0.05) is 24.3 Å². The smallest absolute Gasteiger partial charge is 0.265 e. The molecule has 1 saturated heterocycles. The highest BCUT2D eigenvalue weighted by Gasteiger charge is 2.26. The molecule has 0 spiro atoms. The van der Waals surface area contributed by atoms with Gasteiger partial charge in [0.05, 0.1) is 12.3 Å². The highest BCUT2D eigenvalue weighted by molar-refractivity contribution is 5.93. The Hall–Kier alpha value is -3.68. The molecule has 36 heavy (non-hydrogen) atoms. The van der Waals surface area contributed by atoms with E-state index in [1.54, 1.807) is 22.2 Å². The lowest BCUT2D eigenvalue weighted by Crippen LogP contribution is -2.43. The Morgan fingerprint density at radius 2 is 1.94 bits per heavy atom. The van der Waals surface area contributed by atoms with Gasteiger partial charge < -0.3 is 20.7 Å². The van der Waals surface area contributed by atoms with E-state index < -0.39 is 5.91 Å². The van der Waals surface area contributed by atoms with E-state index in [1.165, 1.54) is 18.4 Å². The Bertz CT molecular complexity index is 1560. The van der Waals surface area contributed by atoms with Crippen molar-refractivity contribution in [3.8, 4) is 16.8 Å². The predicted octanol–water partition coefficient (Wildman–Crippen LogP) is 3.23. The number of nitrogens with zero attached hydrogens (tertiary/aromatic N) is 2. The van der Waals surface area contributed by atoms with Gasteiger partial charge >= 0.3 is 0 Å². The second-order valence-corrected chi connectivity index (χ2v) is 10.2. The minimum atomic E-state index is -0.516. The molecule has 1 saturated carbocycles. The number of nitrogens with two attached hydrogens (primary N) is 1. The number of fused-ring (bicyclic) bond motifs is 1. The number of aliphatic hydroxyl groups is 1. The van der Waals surface area contributed by atoms with Gasteiger partial charge in [0.2, 0.25) is 0 Å². The zero-order chi connectivity index (χ0) is 25.0. The van der Waals surface area contributed by atoms with Crippen molar-refractivity contribution in [3.63, 3.8) is 0 Å². The second kappa shape index (κ2) is 8.76. The first kappa shape index (κ1) is 22.8. The van der Waals surface area contributed by atoms with E-state index >= 15 is 0 Å². The summed E-state index contributed by atoms with van der Waals surface area (Å²) < 4.78 is 3.46. The molecule has 2 aromatic carbocycles. The van der Waals surface area contributed by atoms with Gasteiger partial charge in [-0.15, -0.1) is 0 Å². The topological polar surface area (TPSA) is 102 Å². The SMILES string of the molecule is Cn1cc(-c2cccc(-n3c(CC4CNC4)cc4cc(C5CC5)ccc4c3=O)c2CO)cc1C(N)=O. The molecular formula is C29H30N4O3. The molecule has 4 aromatic rings. The Labute approximate surface area is 209 Å². The van der Waals surface area contributed by atoms with Crippen molar-refractivity contribution in [2.45, 2.75) is 31.8 Å². The average Bonchev–Trinajstić information content (AvgIpc) is 3.62. The zero-order valence-corrected chi connectivity index (χ0v) is 20.3. The molecule has 1 amide bonds. The van der Waals surface area contributed by atoms with Crippen LogP contribution in [-0.2, 0) is 20.1 Å². The van der Waals surface area contributed by atoms with Crippen LogP contribution in [0.25, 0.3) is 27.6 Å². The molecule has 6 rings (SSSR count). The highest BCUT2D eigenvalue weighted by atomic mass is 16.3. The van der Waals surface area contributed by atoms with E-state index in [-0.39, 0.29) is 12.2 Å². The van der Waals surface area contributed by atoms with Gasteiger partial charge in [-0.05, 0) is 85.0 Å². The van der Waals surface area contributed by atoms with Crippen LogP contribution in [0, 0.1) is 5.92 Å². The lowest BCUT2D eigenvalue weighted by Gasteiger charge is -2.29. The number of aliphatic hydroxyl groups excluding tert-OH is 1. The van der Waals surface area contributed by atoms with E-state index in [1.807, 2.05) is 30.5 Å². The van der Waals surface area contributed by atoms with Gasteiger partial charge in [0.1, 0.15) is 5.69 Å². The fraction of sp³-hybridized carbons (Fsp3) is 0.310. The Kier molecular flexibility index (Phi) is 5.54. The molecule has 1 aliphatic carbocycles. The summed E-state index contributed by atoms with van der Waals surface area (Å²) in [6.45, 7) is 1.62. The maximum absolute atomic E-state index is 14.0. The Balaban J connectivity index is 1.56. The van der Waals surface area contributed by atoms with E-state index in [4.69, 9.17) is 5.73 Å². The number of amides is 1. The maximum atomic E-state index is 14.0. The molecule has 7 nitrogen and oxygen atoms in total. The molecule has 4 N–H and O–H groups in total. The standard InChI is InChI=1S/C29H30N4O3/c1-32-15-21(12-27(32)28(30)35)23-3-2-4-26(25(23)16-34)33-22(9-17-13-31-14-17)11-20-10-19(18-5-6-18)7-8-24(20)29(33)36/h2-4,7-8,10-12,15,17-18,31,34H,5-6,9,13-14,16H2,1H3,(H2,30,35). The predicted molar refractivity (Wildman–Crippen MR) is 140 cm³/mol. The number of aryl methyl sites for hydroxylation is 1. The normalized spacial score (nSPS) is 15.8. The average molecular weight is 483 g/mol. The van der Waals surface area contributed by atoms with Crippen LogP contribution in [0.3, 0.4) is 0 Å². The number of primary amides is 1. The van der Waals surface area contributed by atoms with Crippen LogP contribution in [0.5, 0.6) is 0 Å². The summed E-state index contributed by atoms with van der Waals surface area (Å²) in [6.07, 6.45) is 5.03. The summed E-state index contributed by atoms with van der Waals surface area (Å²) in [7, 11) is 1.76. The molecule has 7 heteroatoms. The quantitative estimate of drug-likeness (QED) is 0.376. The molecule has 0 radical (unpaired) electrons. The van der Waals surface area contributed by atoms with Gasteiger partial charge in [0.25, 0.3) is 11.5 Å². The van der Waals surface area contributed by atoms with Gasteiger partial charge in [0, 0.05) is 35.5 Å². The van der Waals surface area contributed by atoms with E-state index in [2.05, 4.69) is 23.5 Å². The summed E-state index contributed by atoms with van der Waals surface area (Å²) in [6, 6.07) is 15.8. The van der Waals surface area contributed by atoms with E-state index in [0.29, 0.717) is 34.2 Å². The number of benzene rings is 2. The summed E-state index contributed by atoms with van der Waals surface area (Å²) in [5, 5.41) is 15.5. The Morgan fingerprint density at radius 3 is 2.58 bits per heavy atom. The third kappa shape index (κ3) is 3.85. The Morgan fingerprint density at radius 1 is 1.14 bits per heavy atom. The van der Waals surface area contributed by atoms with Crippen molar-refractivity contribution >= 4 is 16.7 Å². The van der Waals surface area contributed by atoms with Gasteiger partial charge in [-0.3, -0.25) is 14.2 Å². The lowest BCUT2D eigenvalue weighted by molar-refractivity contribution is 0.0992. The molecule has 2 aromatic heterocycles. The molecule has 2 aliphatic rings. The van der Waals surface area contributed by atoms with E-state index in [0.717, 1.165) is 41.7 Å². The number of aromatic nitrogens is 2. The molecule has 3 heterocycles. The third-order valence-corrected chi connectivity index (χ3v) is 7.65. The maximum Gasteiger partial charge on any atom is 0.265 e. The highest BCUT2D eigenvalue weighted by Crippen LogP contribution is 2.41. The first-order chi connectivity index (χ1) is 17.4. The first-order valence-electron chi connectivity index (χ1n) is 12.5. The summed E-state index contributed by atoms with van der Waals surface area (Å²) in [5.74, 6) is 0.566. The van der Waals surface area contributed by atoms with Crippen LogP contribution in [-0.4, -0.2) is 33.2 Å². The number of carbonyl (C=O) groups excluding carboxylic acids is 1. The van der Waals surface area contributed by atoms with Crippen molar-refractivity contribution < 1.29 is 9.90 Å². The van der Waals surface area contributed by atoms with Crippen LogP contribution in [0.1, 0.15) is 46.1 Å². The number of hydrogen-bond acceptors (Lipinski definition) is 4. The first-order valence-corrected chi connectivity index (χ1v) is 12.5. The molecule has 0 atom stereocenters. The van der Waals surface area contributed by atoms with Gasteiger partial charge in [-0.2, -0.15) is 0 Å². The fourth-order valence-corrected chi connectivity index (χ4v) is 5.44. The van der Waals surface area contributed by atoms with Crippen LogP contribution in [0.15, 0.2) is 59.5 Å². The van der Waals surface area contributed by atoms with Crippen LogP contribution >= 0.6 is 0 Å². The molecular weight excluding hydrogens is 452 g/mol. The number of pyridine rings is 1. The van der Waals surface area contributed by atoms with Crippen molar-refractivity contribution in [3.05, 3.63) is 87.6 Å². The third-order valence-electron chi connectivity index (χ3n) is 7.65. The zero-order valence-electron chi connectivity index (χ0n) is 20.3. The van der Waals surface area contributed by atoms with Gasteiger partial charge in [0.15, 0.2) is 0 Å². The van der Waals surface area contributed by atoms with Crippen molar-refractivity contribution in [1.82, 2.24) is 14.5 Å². The summed E-state index contributed by atoms with van der Waals surface area (Å²) in [4.78, 5) is 25.8. The number of nitrogens with one attached hydrogen (secondary N) is 1. The monoisotopic (exact) mass is 482 g/mol. The largest absolute Gasteiger partial charge is 0.392 e. The summed E-state index contributed by atoms with van der Waals surface area (Å²) >= 11 is 0. The number of rotatable bonds is 7. The van der Waals surface area contributed by atoms with E-state index in [9.17, 15) is 14.7 Å². The molecule has 184 valence electrons. The summed E-state index contributed by atoms with van der Waals surface area (Å²) in [5.41, 5.74) is 10.9. The molecule has 1 aliphatic heterocycles. The second-order valence-electron chi connectivity index (χ2n) is 10.2. The van der Waals surface area contributed by atoms with Crippen molar-refractivity contribution in [2.75, 3.05) is 13.1 Å². The fourth-order valence-electron chi connectivity index (χ4n) is 5.44. The molecule has 2 fully saturated rings. The van der Waals surface area contributed by atoms with Crippen molar-refractivity contribution in [2.24, 2.45) is 18.7 Å². The molecule has 0 bridgehead atoms. The molecule has 0 unspecified atom stereocenters. The minimum absolute atomic E-state index is 0.0742.